The lowest BCUT2D eigenvalue weighted by molar-refractivity contribution is -0.121. The molecule has 0 aromatic carbocycles. The standard InChI is InChI=1S/C10H15N7O/c18-10(3-5-17-8-11-6-15-17)12-4-1-2-9-13-7-14-16-9/h6-8H,1-5H2,(H,12,18)(H,13,14,16). The molecule has 8 heteroatoms. The van der Waals surface area contributed by atoms with E-state index in [0.29, 0.717) is 19.5 Å². The molecular weight excluding hydrogens is 234 g/mol. The van der Waals surface area contributed by atoms with E-state index in [-0.39, 0.29) is 5.91 Å². The number of aromatic amines is 1. The Labute approximate surface area is 104 Å². The zero-order valence-corrected chi connectivity index (χ0v) is 9.91. The summed E-state index contributed by atoms with van der Waals surface area (Å²) in [5.74, 6) is 0.856. The highest BCUT2D eigenvalue weighted by Crippen LogP contribution is 1.92. The summed E-state index contributed by atoms with van der Waals surface area (Å²) in [5, 5.41) is 13.3. The van der Waals surface area contributed by atoms with Crippen molar-refractivity contribution in [2.24, 2.45) is 0 Å². The van der Waals surface area contributed by atoms with E-state index in [2.05, 4.69) is 30.6 Å². The lowest BCUT2D eigenvalue weighted by Gasteiger charge is -2.04. The van der Waals surface area contributed by atoms with E-state index < -0.39 is 0 Å². The maximum absolute atomic E-state index is 11.5. The molecular formula is C10H15N7O. The lowest BCUT2D eigenvalue weighted by atomic mass is 10.3. The molecule has 0 aliphatic rings. The lowest BCUT2D eigenvalue weighted by Crippen LogP contribution is -2.25. The molecule has 0 unspecified atom stereocenters. The fourth-order valence-electron chi connectivity index (χ4n) is 1.49. The molecule has 0 bridgehead atoms. The average Bonchev–Trinajstić information content (AvgIpc) is 3.04. The average molecular weight is 249 g/mol. The van der Waals surface area contributed by atoms with Crippen LogP contribution in [0, 0.1) is 0 Å². The van der Waals surface area contributed by atoms with E-state index >= 15 is 0 Å². The molecule has 2 N–H and O–H groups in total. The number of carbonyl (C=O) groups is 1. The van der Waals surface area contributed by atoms with E-state index in [0.717, 1.165) is 18.7 Å². The van der Waals surface area contributed by atoms with Crippen LogP contribution >= 0.6 is 0 Å². The van der Waals surface area contributed by atoms with Crippen LogP contribution in [-0.2, 0) is 17.8 Å². The van der Waals surface area contributed by atoms with Gasteiger partial charge >= 0.3 is 0 Å². The SMILES string of the molecule is O=C(CCn1cncn1)NCCCc1ncn[nH]1. The largest absolute Gasteiger partial charge is 0.356 e. The van der Waals surface area contributed by atoms with Crippen molar-refractivity contribution in [1.82, 2.24) is 35.3 Å². The Kier molecular flexibility index (Phi) is 4.39. The fraction of sp³-hybridized carbons (Fsp3) is 0.500. The Bertz CT molecular complexity index is 451. The van der Waals surface area contributed by atoms with Crippen molar-refractivity contribution in [3.05, 3.63) is 24.8 Å². The highest BCUT2D eigenvalue weighted by atomic mass is 16.1. The van der Waals surface area contributed by atoms with Crippen molar-refractivity contribution < 1.29 is 4.79 Å². The van der Waals surface area contributed by atoms with Gasteiger partial charge in [-0.2, -0.15) is 10.2 Å². The van der Waals surface area contributed by atoms with Gasteiger partial charge in [-0.15, -0.1) is 0 Å². The van der Waals surface area contributed by atoms with E-state index in [4.69, 9.17) is 0 Å². The molecule has 0 atom stereocenters. The highest BCUT2D eigenvalue weighted by molar-refractivity contribution is 5.75. The van der Waals surface area contributed by atoms with E-state index in [9.17, 15) is 4.79 Å². The third-order valence-corrected chi connectivity index (χ3v) is 2.41. The first kappa shape index (κ1) is 12.2. The van der Waals surface area contributed by atoms with Crippen LogP contribution in [-0.4, -0.2) is 42.4 Å². The molecule has 2 rings (SSSR count). The number of hydrogen-bond donors (Lipinski definition) is 2. The fourth-order valence-corrected chi connectivity index (χ4v) is 1.49. The minimum absolute atomic E-state index is 0.0167. The van der Waals surface area contributed by atoms with Crippen LogP contribution in [0.2, 0.25) is 0 Å². The van der Waals surface area contributed by atoms with Gasteiger partial charge in [0, 0.05) is 19.4 Å². The van der Waals surface area contributed by atoms with Crippen molar-refractivity contribution >= 4 is 5.91 Å². The quantitative estimate of drug-likeness (QED) is 0.646. The molecule has 18 heavy (non-hydrogen) atoms. The van der Waals surface area contributed by atoms with Gasteiger partial charge in [0.1, 0.15) is 24.8 Å². The third-order valence-electron chi connectivity index (χ3n) is 2.41. The Morgan fingerprint density at radius 2 is 2.39 bits per heavy atom. The Morgan fingerprint density at radius 1 is 1.44 bits per heavy atom. The summed E-state index contributed by atoms with van der Waals surface area (Å²) in [6, 6.07) is 0. The van der Waals surface area contributed by atoms with Crippen LogP contribution in [0.25, 0.3) is 0 Å². The van der Waals surface area contributed by atoms with Crippen molar-refractivity contribution in [2.75, 3.05) is 6.54 Å². The van der Waals surface area contributed by atoms with Crippen molar-refractivity contribution in [3.63, 3.8) is 0 Å². The van der Waals surface area contributed by atoms with Gasteiger partial charge in [-0.1, -0.05) is 0 Å². The topological polar surface area (TPSA) is 101 Å². The number of nitrogens with one attached hydrogen (secondary N) is 2. The molecule has 0 spiro atoms. The van der Waals surface area contributed by atoms with Gasteiger partial charge in [-0.05, 0) is 6.42 Å². The normalized spacial score (nSPS) is 10.4. The van der Waals surface area contributed by atoms with E-state index in [1.165, 1.54) is 12.7 Å². The molecule has 96 valence electrons. The molecule has 0 saturated heterocycles. The number of hydrogen-bond acceptors (Lipinski definition) is 5. The molecule has 0 radical (unpaired) electrons. The van der Waals surface area contributed by atoms with Crippen LogP contribution in [0.3, 0.4) is 0 Å². The van der Waals surface area contributed by atoms with Gasteiger partial charge in [-0.25, -0.2) is 9.97 Å². The number of H-pyrrole nitrogens is 1. The molecule has 2 aromatic heterocycles. The summed E-state index contributed by atoms with van der Waals surface area (Å²) in [5.41, 5.74) is 0. The summed E-state index contributed by atoms with van der Waals surface area (Å²) >= 11 is 0. The summed E-state index contributed by atoms with van der Waals surface area (Å²) in [4.78, 5) is 19.3. The number of amides is 1. The Hall–Kier alpha value is -2.25. The van der Waals surface area contributed by atoms with Gasteiger partial charge in [0.15, 0.2) is 0 Å². The first-order chi connectivity index (χ1) is 8.84. The van der Waals surface area contributed by atoms with Crippen molar-refractivity contribution in [2.45, 2.75) is 25.8 Å². The summed E-state index contributed by atoms with van der Waals surface area (Å²) in [6.45, 7) is 1.19. The minimum Gasteiger partial charge on any atom is -0.356 e. The second-order valence-corrected chi connectivity index (χ2v) is 3.79. The first-order valence-corrected chi connectivity index (χ1v) is 5.78. The zero-order chi connectivity index (χ0) is 12.6. The molecule has 0 aliphatic heterocycles. The Morgan fingerprint density at radius 3 is 3.11 bits per heavy atom. The van der Waals surface area contributed by atoms with Crippen molar-refractivity contribution in [1.29, 1.82) is 0 Å². The van der Waals surface area contributed by atoms with Crippen LogP contribution in [0.1, 0.15) is 18.7 Å². The molecule has 0 aliphatic carbocycles. The Balaban J connectivity index is 1.55. The number of nitrogens with zero attached hydrogens (tertiary/aromatic N) is 5. The van der Waals surface area contributed by atoms with Crippen LogP contribution in [0.5, 0.6) is 0 Å². The van der Waals surface area contributed by atoms with Crippen LogP contribution in [0.15, 0.2) is 19.0 Å². The van der Waals surface area contributed by atoms with E-state index in [1.807, 2.05) is 0 Å². The number of carbonyl (C=O) groups excluding carboxylic acids is 1. The predicted octanol–water partition coefficient (Wildman–Crippen LogP) is -0.465. The molecule has 0 saturated carbocycles. The van der Waals surface area contributed by atoms with Gasteiger partial charge in [0.05, 0.1) is 6.54 Å². The summed E-state index contributed by atoms with van der Waals surface area (Å²) in [6.07, 6.45) is 6.55. The van der Waals surface area contributed by atoms with Gasteiger partial charge < -0.3 is 5.32 Å². The van der Waals surface area contributed by atoms with Gasteiger partial charge in [0.2, 0.25) is 5.91 Å². The zero-order valence-electron chi connectivity index (χ0n) is 9.91. The maximum Gasteiger partial charge on any atom is 0.221 e. The molecule has 2 heterocycles. The van der Waals surface area contributed by atoms with E-state index in [1.54, 1.807) is 11.0 Å². The molecule has 2 aromatic rings. The monoisotopic (exact) mass is 249 g/mol. The van der Waals surface area contributed by atoms with Gasteiger partial charge in [0.25, 0.3) is 0 Å². The number of aryl methyl sites for hydroxylation is 2. The summed E-state index contributed by atoms with van der Waals surface area (Å²) in [7, 11) is 0. The molecule has 8 nitrogen and oxygen atoms in total. The minimum atomic E-state index is 0.0167. The number of aromatic nitrogens is 6. The van der Waals surface area contributed by atoms with Crippen LogP contribution < -0.4 is 5.32 Å². The predicted molar refractivity (Wildman–Crippen MR) is 62.4 cm³/mol. The highest BCUT2D eigenvalue weighted by Gasteiger charge is 2.02. The first-order valence-electron chi connectivity index (χ1n) is 5.78. The number of rotatable bonds is 7. The molecule has 1 amide bonds. The summed E-state index contributed by atoms with van der Waals surface area (Å²) < 4.78 is 1.63. The third kappa shape index (κ3) is 3.96. The van der Waals surface area contributed by atoms with Crippen LogP contribution in [0.4, 0.5) is 0 Å². The smallest absolute Gasteiger partial charge is 0.221 e. The van der Waals surface area contributed by atoms with Gasteiger partial charge in [-0.3, -0.25) is 14.6 Å². The second-order valence-electron chi connectivity index (χ2n) is 3.79. The molecule has 0 fully saturated rings. The second kappa shape index (κ2) is 6.48. The van der Waals surface area contributed by atoms with Crippen molar-refractivity contribution in [3.8, 4) is 0 Å². The maximum atomic E-state index is 11.5.